The average molecular weight is 103 g/mol. The SMILES string of the molecule is CCONC(=N)N. The van der Waals surface area contributed by atoms with E-state index in [1.807, 2.05) is 0 Å². The molecule has 0 bridgehead atoms. The maximum atomic E-state index is 6.54. The number of nitrogens with one attached hydrogen (secondary N) is 2. The molecule has 0 aromatic carbocycles. The van der Waals surface area contributed by atoms with E-state index in [1.165, 1.54) is 0 Å². The first-order valence-corrected chi connectivity index (χ1v) is 1.99. The monoisotopic (exact) mass is 103 g/mol. The molecule has 4 N–H and O–H groups in total. The Bertz CT molecular complexity index is 63.2. The van der Waals surface area contributed by atoms with Crippen molar-refractivity contribution in [2.45, 2.75) is 6.92 Å². The van der Waals surface area contributed by atoms with Gasteiger partial charge in [-0.3, -0.25) is 10.2 Å². The summed E-state index contributed by atoms with van der Waals surface area (Å²) < 4.78 is 0. The number of hydroxylamine groups is 1. The van der Waals surface area contributed by atoms with Gasteiger partial charge in [-0.05, 0) is 6.92 Å². The molecule has 0 rings (SSSR count). The van der Waals surface area contributed by atoms with Crippen molar-refractivity contribution in [3.8, 4) is 0 Å². The van der Waals surface area contributed by atoms with Crippen molar-refractivity contribution < 1.29 is 4.84 Å². The van der Waals surface area contributed by atoms with E-state index in [4.69, 9.17) is 11.1 Å². The van der Waals surface area contributed by atoms with E-state index in [1.54, 1.807) is 6.92 Å². The van der Waals surface area contributed by atoms with Gasteiger partial charge in [0, 0.05) is 0 Å². The van der Waals surface area contributed by atoms with Crippen molar-refractivity contribution in [3.05, 3.63) is 0 Å². The summed E-state index contributed by atoms with van der Waals surface area (Å²) in [5.74, 6) is -0.165. The third-order valence-corrected chi connectivity index (χ3v) is 0.326. The lowest BCUT2D eigenvalue weighted by Crippen LogP contribution is -2.30. The largest absolute Gasteiger partial charge is 0.368 e. The van der Waals surface area contributed by atoms with Gasteiger partial charge in [-0.15, -0.1) is 0 Å². The molecule has 0 radical (unpaired) electrons. The first kappa shape index (κ1) is 6.23. The van der Waals surface area contributed by atoms with Crippen molar-refractivity contribution in [1.82, 2.24) is 5.48 Å². The van der Waals surface area contributed by atoms with Crippen LogP contribution in [0.2, 0.25) is 0 Å². The molecule has 0 heterocycles. The molecule has 0 fully saturated rings. The van der Waals surface area contributed by atoms with Crippen LogP contribution in [-0.2, 0) is 4.84 Å². The van der Waals surface area contributed by atoms with Crippen molar-refractivity contribution in [2.75, 3.05) is 6.61 Å². The molecule has 0 aliphatic heterocycles. The molecule has 0 spiro atoms. The molecule has 0 aromatic heterocycles. The zero-order valence-electron chi connectivity index (χ0n) is 4.19. The van der Waals surface area contributed by atoms with Crippen LogP contribution in [0.4, 0.5) is 0 Å². The van der Waals surface area contributed by atoms with Gasteiger partial charge >= 0.3 is 0 Å². The van der Waals surface area contributed by atoms with Crippen LogP contribution < -0.4 is 11.2 Å². The first-order valence-electron chi connectivity index (χ1n) is 1.99. The zero-order chi connectivity index (χ0) is 5.70. The maximum absolute atomic E-state index is 6.54. The summed E-state index contributed by atoms with van der Waals surface area (Å²) in [5, 5.41) is 6.54. The molecule has 0 aliphatic rings. The van der Waals surface area contributed by atoms with Gasteiger partial charge in [-0.25, -0.2) is 5.48 Å². The fraction of sp³-hybridized carbons (Fsp3) is 0.667. The quantitative estimate of drug-likeness (QED) is 0.249. The molecule has 7 heavy (non-hydrogen) atoms. The molecule has 0 amide bonds. The standard InChI is InChI=1S/C3H9N3O/c1-2-7-6-3(4)5/h2H2,1H3,(H4,4,5,6). The van der Waals surface area contributed by atoms with Crippen molar-refractivity contribution in [1.29, 1.82) is 5.41 Å². The minimum absolute atomic E-state index is 0.165. The Morgan fingerprint density at radius 3 is 2.71 bits per heavy atom. The summed E-state index contributed by atoms with van der Waals surface area (Å²) in [6.07, 6.45) is 0. The van der Waals surface area contributed by atoms with E-state index in [0.29, 0.717) is 6.61 Å². The number of nitrogens with two attached hydrogens (primary N) is 1. The van der Waals surface area contributed by atoms with Gasteiger partial charge in [0.15, 0.2) is 0 Å². The molecule has 0 unspecified atom stereocenters. The number of hydrogen-bond acceptors (Lipinski definition) is 2. The van der Waals surface area contributed by atoms with Gasteiger partial charge < -0.3 is 5.73 Å². The molecule has 0 saturated heterocycles. The predicted molar refractivity (Wildman–Crippen MR) is 26.7 cm³/mol. The van der Waals surface area contributed by atoms with E-state index in [2.05, 4.69) is 10.3 Å². The Hall–Kier alpha value is -0.770. The molecule has 0 aromatic rings. The number of guanidine groups is 1. The summed E-state index contributed by atoms with van der Waals surface area (Å²) in [5.41, 5.74) is 6.98. The van der Waals surface area contributed by atoms with Gasteiger partial charge in [0.05, 0.1) is 6.61 Å². The third-order valence-electron chi connectivity index (χ3n) is 0.326. The number of rotatable bonds is 2. The van der Waals surface area contributed by atoms with E-state index >= 15 is 0 Å². The molecule has 0 atom stereocenters. The van der Waals surface area contributed by atoms with Crippen LogP contribution in [0.15, 0.2) is 0 Å². The van der Waals surface area contributed by atoms with Gasteiger partial charge in [-0.1, -0.05) is 0 Å². The maximum Gasteiger partial charge on any atom is 0.210 e. The molecule has 4 nitrogen and oxygen atoms in total. The van der Waals surface area contributed by atoms with Gasteiger partial charge in [0.2, 0.25) is 5.96 Å². The highest BCUT2D eigenvalue weighted by Gasteiger charge is 1.78. The Morgan fingerprint density at radius 2 is 2.57 bits per heavy atom. The second-order valence-electron chi connectivity index (χ2n) is 0.949. The van der Waals surface area contributed by atoms with Crippen LogP contribution >= 0.6 is 0 Å². The predicted octanol–water partition coefficient (Wildman–Crippen LogP) is -0.579. The summed E-state index contributed by atoms with van der Waals surface area (Å²) >= 11 is 0. The van der Waals surface area contributed by atoms with E-state index in [9.17, 15) is 0 Å². The smallest absolute Gasteiger partial charge is 0.210 e. The highest BCUT2D eigenvalue weighted by Crippen LogP contribution is 1.58. The molecule has 0 saturated carbocycles. The Morgan fingerprint density at radius 1 is 2.00 bits per heavy atom. The second kappa shape index (κ2) is 3.42. The highest BCUT2D eigenvalue weighted by atomic mass is 16.6. The Labute approximate surface area is 42.1 Å². The topological polar surface area (TPSA) is 71.1 Å². The first-order chi connectivity index (χ1) is 3.27. The lowest BCUT2D eigenvalue weighted by Gasteiger charge is -1.97. The molecule has 0 aliphatic carbocycles. The zero-order valence-corrected chi connectivity index (χ0v) is 4.19. The molecular formula is C3H9N3O. The second-order valence-corrected chi connectivity index (χ2v) is 0.949. The summed E-state index contributed by atoms with van der Waals surface area (Å²) in [6, 6.07) is 0. The summed E-state index contributed by atoms with van der Waals surface area (Å²) in [7, 11) is 0. The Kier molecular flexibility index (Phi) is 3.04. The van der Waals surface area contributed by atoms with Crippen LogP contribution in [0.5, 0.6) is 0 Å². The van der Waals surface area contributed by atoms with E-state index in [-0.39, 0.29) is 5.96 Å². The fourth-order valence-corrected chi connectivity index (χ4v) is 0.150. The van der Waals surface area contributed by atoms with E-state index in [0.717, 1.165) is 0 Å². The van der Waals surface area contributed by atoms with Gasteiger partial charge in [0.1, 0.15) is 0 Å². The van der Waals surface area contributed by atoms with Crippen LogP contribution in [0.3, 0.4) is 0 Å². The number of hydrogen-bond donors (Lipinski definition) is 3. The van der Waals surface area contributed by atoms with Gasteiger partial charge in [0.25, 0.3) is 0 Å². The fourth-order valence-electron chi connectivity index (χ4n) is 0.150. The molecular weight excluding hydrogens is 94.1 g/mol. The van der Waals surface area contributed by atoms with Crippen LogP contribution in [0.1, 0.15) is 6.92 Å². The van der Waals surface area contributed by atoms with Crippen LogP contribution in [-0.4, -0.2) is 12.6 Å². The minimum atomic E-state index is -0.165. The van der Waals surface area contributed by atoms with Crippen LogP contribution in [0.25, 0.3) is 0 Å². The average Bonchev–Trinajstić information content (AvgIpc) is 1.61. The third kappa shape index (κ3) is 5.23. The van der Waals surface area contributed by atoms with Gasteiger partial charge in [-0.2, -0.15) is 0 Å². The molecule has 4 heteroatoms. The normalized spacial score (nSPS) is 8.14. The highest BCUT2D eigenvalue weighted by molar-refractivity contribution is 5.72. The lowest BCUT2D eigenvalue weighted by molar-refractivity contribution is 0.0954. The molecule has 42 valence electrons. The van der Waals surface area contributed by atoms with E-state index < -0.39 is 0 Å². The summed E-state index contributed by atoms with van der Waals surface area (Å²) in [4.78, 5) is 4.50. The van der Waals surface area contributed by atoms with Crippen molar-refractivity contribution in [3.63, 3.8) is 0 Å². The van der Waals surface area contributed by atoms with Crippen LogP contribution in [0, 0.1) is 5.41 Å². The lowest BCUT2D eigenvalue weighted by atomic mass is 10.9. The minimum Gasteiger partial charge on any atom is -0.368 e. The summed E-state index contributed by atoms with van der Waals surface area (Å²) in [6.45, 7) is 2.32. The van der Waals surface area contributed by atoms with Crippen molar-refractivity contribution in [2.24, 2.45) is 5.73 Å². The Balaban J connectivity index is 2.82. The van der Waals surface area contributed by atoms with Crippen molar-refractivity contribution >= 4 is 5.96 Å².